The lowest BCUT2D eigenvalue weighted by atomic mass is 9.90. The Kier molecular flexibility index (Phi) is 16.8. The number of hydrogen-bond donors (Lipinski definition) is 2. The second kappa shape index (κ2) is 16.7. The highest BCUT2D eigenvalue weighted by atomic mass is 28.4. The normalized spacial score (nSPS) is 13.2. The summed E-state index contributed by atoms with van der Waals surface area (Å²) in [6.07, 6.45) is 3.28. The first-order chi connectivity index (χ1) is 14.3. The predicted molar refractivity (Wildman–Crippen MR) is 125 cm³/mol. The van der Waals surface area contributed by atoms with Gasteiger partial charge in [0.1, 0.15) is 0 Å². The van der Waals surface area contributed by atoms with Crippen molar-refractivity contribution in [2.45, 2.75) is 84.9 Å². The first kappa shape index (κ1) is 30.1. The lowest BCUT2D eigenvalue weighted by Crippen LogP contribution is -2.50. The van der Waals surface area contributed by atoms with Crippen LogP contribution >= 0.6 is 0 Å². The minimum absolute atomic E-state index is 0.423. The van der Waals surface area contributed by atoms with Gasteiger partial charge in [0.2, 0.25) is 0 Å². The highest BCUT2D eigenvalue weighted by Crippen LogP contribution is 2.26. The lowest BCUT2D eigenvalue weighted by Gasteiger charge is -2.33. The van der Waals surface area contributed by atoms with Crippen LogP contribution in [0.2, 0.25) is 12.1 Å². The molecule has 182 valence electrons. The van der Waals surface area contributed by atoms with Crippen LogP contribution in [0.5, 0.6) is 0 Å². The van der Waals surface area contributed by atoms with Crippen molar-refractivity contribution in [3.63, 3.8) is 0 Å². The van der Waals surface area contributed by atoms with Crippen molar-refractivity contribution < 1.29 is 26.6 Å². The van der Waals surface area contributed by atoms with E-state index < -0.39 is 23.1 Å². The maximum atomic E-state index is 6.66. The van der Waals surface area contributed by atoms with Crippen LogP contribution in [0.3, 0.4) is 0 Å². The van der Waals surface area contributed by atoms with E-state index in [1.54, 1.807) is 0 Å². The molecule has 0 aromatic carbocycles. The van der Waals surface area contributed by atoms with E-state index in [4.69, 9.17) is 38.0 Å². The zero-order valence-electron chi connectivity index (χ0n) is 20.3. The van der Waals surface area contributed by atoms with Crippen LogP contribution in [0.1, 0.15) is 67.2 Å². The van der Waals surface area contributed by atoms with Crippen LogP contribution in [0.4, 0.5) is 0 Å². The molecule has 0 aliphatic rings. The molecule has 0 aromatic rings. The fraction of sp³-hybridized carbons (Fsp3) is 1.00. The lowest BCUT2D eigenvalue weighted by molar-refractivity contribution is 0.0700. The van der Waals surface area contributed by atoms with E-state index in [9.17, 15) is 0 Å². The summed E-state index contributed by atoms with van der Waals surface area (Å²) < 4.78 is 35.7. The SMILES string of the molecule is CCO[Si](CCCC(N)(CN)CCC[Si](OCC)(OCC)OCC)(OCC)OCC. The first-order valence-corrected chi connectivity index (χ1v) is 15.5. The Morgan fingerprint density at radius 1 is 0.567 bits per heavy atom. The van der Waals surface area contributed by atoms with E-state index in [0.29, 0.717) is 46.2 Å². The van der Waals surface area contributed by atoms with Crippen LogP contribution in [0.15, 0.2) is 0 Å². The molecule has 0 radical (unpaired) electrons. The van der Waals surface area contributed by atoms with Gasteiger partial charge < -0.3 is 38.0 Å². The minimum Gasteiger partial charge on any atom is -0.374 e. The summed E-state index contributed by atoms with van der Waals surface area (Å²) in [6, 6.07) is 1.49. The van der Waals surface area contributed by atoms with Gasteiger partial charge in [-0.3, -0.25) is 0 Å². The van der Waals surface area contributed by atoms with E-state index in [1.165, 1.54) is 0 Å². The fourth-order valence-corrected chi connectivity index (χ4v) is 8.87. The zero-order chi connectivity index (χ0) is 22.9. The second-order valence-corrected chi connectivity index (χ2v) is 12.7. The van der Waals surface area contributed by atoms with Gasteiger partial charge in [-0.05, 0) is 67.2 Å². The van der Waals surface area contributed by atoms with Gasteiger partial charge >= 0.3 is 17.6 Å². The number of hydrogen-bond acceptors (Lipinski definition) is 8. The molecule has 0 unspecified atom stereocenters. The fourth-order valence-electron chi connectivity index (χ4n) is 3.65. The molecule has 30 heavy (non-hydrogen) atoms. The quantitative estimate of drug-likeness (QED) is 0.247. The Morgan fingerprint density at radius 2 is 0.833 bits per heavy atom. The van der Waals surface area contributed by atoms with Gasteiger partial charge in [0.15, 0.2) is 0 Å². The first-order valence-electron chi connectivity index (χ1n) is 11.7. The number of nitrogens with two attached hydrogens (primary N) is 2. The summed E-state index contributed by atoms with van der Waals surface area (Å²) in [5.74, 6) is 0. The predicted octanol–water partition coefficient (Wildman–Crippen LogP) is 3.30. The Morgan fingerprint density at radius 3 is 1.03 bits per heavy atom. The van der Waals surface area contributed by atoms with Gasteiger partial charge in [-0.2, -0.15) is 0 Å². The standard InChI is InChI=1S/C20H48N2O6Si2/c1-7-23-29(24-8-2,25-9-3)17-13-15-20(22,19-21)16-14-18-30(26-10-4,27-11-5)28-12-6/h7-19,21-22H2,1-6H3. The molecule has 0 fully saturated rings. The summed E-state index contributed by atoms with van der Waals surface area (Å²) in [5, 5.41) is 0. The molecule has 10 heteroatoms. The Hall–Kier alpha value is 0.114. The molecule has 0 aliphatic heterocycles. The van der Waals surface area contributed by atoms with Gasteiger partial charge in [-0.25, -0.2) is 0 Å². The zero-order valence-corrected chi connectivity index (χ0v) is 22.3. The molecular weight excluding hydrogens is 420 g/mol. The van der Waals surface area contributed by atoms with Crippen molar-refractivity contribution in [1.82, 2.24) is 0 Å². The largest absolute Gasteiger partial charge is 0.500 e. The molecule has 8 nitrogen and oxygen atoms in total. The Bertz CT molecular complexity index is 355. The van der Waals surface area contributed by atoms with Crippen molar-refractivity contribution in [2.24, 2.45) is 11.5 Å². The number of rotatable bonds is 21. The summed E-state index contributed by atoms with van der Waals surface area (Å²) in [4.78, 5) is 0. The second-order valence-electron chi connectivity index (χ2n) is 7.24. The minimum atomic E-state index is -2.65. The van der Waals surface area contributed by atoms with Crippen LogP contribution in [0.25, 0.3) is 0 Å². The van der Waals surface area contributed by atoms with E-state index in [1.807, 2.05) is 41.5 Å². The summed E-state index contributed by atoms with van der Waals surface area (Å²) in [7, 11) is -5.30. The van der Waals surface area contributed by atoms with Gasteiger partial charge in [-0.1, -0.05) is 0 Å². The highest BCUT2D eigenvalue weighted by Gasteiger charge is 2.42. The molecule has 0 aromatic heterocycles. The molecule has 0 rings (SSSR count). The van der Waals surface area contributed by atoms with Crippen LogP contribution < -0.4 is 11.5 Å². The summed E-state index contributed by atoms with van der Waals surface area (Å²) in [5.41, 5.74) is 12.3. The molecule has 0 saturated heterocycles. The molecule has 0 bridgehead atoms. The average Bonchev–Trinajstić information content (AvgIpc) is 2.69. The molecule has 4 N–H and O–H groups in total. The maximum absolute atomic E-state index is 6.66. The topological polar surface area (TPSA) is 107 Å². The van der Waals surface area contributed by atoms with Gasteiger partial charge in [-0.15, -0.1) is 0 Å². The van der Waals surface area contributed by atoms with Crippen molar-refractivity contribution in [3.05, 3.63) is 0 Å². The van der Waals surface area contributed by atoms with Crippen molar-refractivity contribution >= 4 is 17.6 Å². The summed E-state index contributed by atoms with van der Waals surface area (Å²) in [6.45, 7) is 15.7. The third kappa shape index (κ3) is 11.1. The van der Waals surface area contributed by atoms with Gasteiger partial charge in [0.05, 0.1) is 0 Å². The third-order valence-electron chi connectivity index (χ3n) is 4.91. The van der Waals surface area contributed by atoms with E-state index in [0.717, 1.165) is 37.8 Å². The Balaban J connectivity index is 4.87. The Labute approximate surface area is 187 Å². The van der Waals surface area contributed by atoms with Gasteiger partial charge in [0, 0.05) is 63.8 Å². The van der Waals surface area contributed by atoms with E-state index >= 15 is 0 Å². The van der Waals surface area contributed by atoms with Crippen molar-refractivity contribution in [3.8, 4) is 0 Å². The average molecular weight is 469 g/mol. The summed E-state index contributed by atoms with van der Waals surface area (Å²) >= 11 is 0. The smallest absolute Gasteiger partial charge is 0.374 e. The van der Waals surface area contributed by atoms with Crippen LogP contribution in [-0.2, 0) is 26.6 Å². The van der Waals surface area contributed by atoms with E-state index in [2.05, 4.69) is 0 Å². The van der Waals surface area contributed by atoms with Gasteiger partial charge in [0.25, 0.3) is 0 Å². The molecule has 0 spiro atoms. The molecule has 0 saturated carbocycles. The molecule has 0 atom stereocenters. The molecular formula is C20H48N2O6Si2. The molecule has 0 heterocycles. The molecule has 0 aliphatic carbocycles. The highest BCUT2D eigenvalue weighted by molar-refractivity contribution is 6.61. The van der Waals surface area contributed by atoms with Crippen LogP contribution in [-0.4, -0.2) is 69.3 Å². The van der Waals surface area contributed by atoms with Crippen molar-refractivity contribution in [2.75, 3.05) is 46.2 Å². The monoisotopic (exact) mass is 468 g/mol. The van der Waals surface area contributed by atoms with Crippen LogP contribution in [0, 0.1) is 0 Å². The molecule has 0 amide bonds. The third-order valence-corrected chi connectivity index (χ3v) is 11.2. The maximum Gasteiger partial charge on any atom is 0.500 e. The van der Waals surface area contributed by atoms with E-state index in [-0.39, 0.29) is 0 Å². The van der Waals surface area contributed by atoms with Crippen molar-refractivity contribution in [1.29, 1.82) is 0 Å².